The summed E-state index contributed by atoms with van der Waals surface area (Å²) >= 11 is 0. The molecule has 0 bridgehead atoms. The number of hydrogen-bond donors (Lipinski definition) is 1. The Balaban J connectivity index is 1.63. The van der Waals surface area contributed by atoms with Crippen molar-refractivity contribution < 1.29 is 14.3 Å². The van der Waals surface area contributed by atoms with Gasteiger partial charge in [-0.1, -0.05) is 13.8 Å². The van der Waals surface area contributed by atoms with Gasteiger partial charge in [0.1, 0.15) is 6.10 Å². The second-order valence-corrected chi connectivity index (χ2v) is 9.02. The van der Waals surface area contributed by atoms with Crippen molar-refractivity contribution in [3.05, 3.63) is 0 Å². The number of carbonyl (C=O) groups excluding carboxylic acids is 2. The Bertz CT molecular complexity index is 547. The Labute approximate surface area is 138 Å². The van der Waals surface area contributed by atoms with E-state index in [0.717, 1.165) is 44.9 Å². The van der Waals surface area contributed by atoms with Crippen molar-refractivity contribution in [1.29, 1.82) is 0 Å². The molecule has 2 N–H and O–H groups in total. The molecule has 7 atom stereocenters. The van der Waals surface area contributed by atoms with Crippen molar-refractivity contribution in [2.45, 2.75) is 71.3 Å². The van der Waals surface area contributed by atoms with E-state index in [1.54, 1.807) is 0 Å². The van der Waals surface area contributed by atoms with Gasteiger partial charge in [-0.3, -0.25) is 9.59 Å². The molecule has 0 aromatic rings. The molecule has 4 aliphatic rings. The maximum Gasteiger partial charge on any atom is 0.306 e. The first kappa shape index (κ1) is 15.5. The summed E-state index contributed by atoms with van der Waals surface area (Å²) in [6.07, 6.45) is 8.17. The number of carbonyl (C=O) groups is 2. The van der Waals surface area contributed by atoms with Gasteiger partial charge < -0.3 is 10.5 Å². The number of rotatable bonds is 1. The predicted octanol–water partition coefficient (Wildman–Crippen LogP) is 3.04. The molecule has 1 saturated heterocycles. The Kier molecular flexibility index (Phi) is 3.34. The van der Waals surface area contributed by atoms with Gasteiger partial charge in [0.05, 0.1) is 0 Å². The molecule has 0 aromatic carbocycles. The first-order chi connectivity index (χ1) is 10.9. The van der Waals surface area contributed by atoms with Crippen LogP contribution in [0.15, 0.2) is 0 Å². The van der Waals surface area contributed by atoms with Gasteiger partial charge in [-0.2, -0.15) is 0 Å². The smallest absolute Gasteiger partial charge is 0.306 e. The second-order valence-electron chi connectivity index (χ2n) is 9.02. The number of amides is 1. The van der Waals surface area contributed by atoms with E-state index in [1.165, 1.54) is 0 Å². The van der Waals surface area contributed by atoms with Crippen LogP contribution in [-0.4, -0.2) is 18.0 Å². The van der Waals surface area contributed by atoms with E-state index in [9.17, 15) is 9.59 Å². The van der Waals surface area contributed by atoms with E-state index in [-0.39, 0.29) is 34.7 Å². The van der Waals surface area contributed by atoms with Crippen LogP contribution in [0.1, 0.15) is 65.2 Å². The highest BCUT2D eigenvalue weighted by atomic mass is 16.5. The van der Waals surface area contributed by atoms with Gasteiger partial charge in [-0.25, -0.2) is 0 Å². The highest BCUT2D eigenvalue weighted by Gasteiger charge is 2.61. The molecule has 2 unspecified atom stereocenters. The van der Waals surface area contributed by atoms with Crippen molar-refractivity contribution in [3.8, 4) is 0 Å². The Morgan fingerprint density at radius 3 is 2.52 bits per heavy atom. The second kappa shape index (κ2) is 4.97. The average Bonchev–Trinajstić information content (AvgIpc) is 2.85. The summed E-state index contributed by atoms with van der Waals surface area (Å²) in [7, 11) is 0. The van der Waals surface area contributed by atoms with Crippen molar-refractivity contribution in [3.63, 3.8) is 0 Å². The van der Waals surface area contributed by atoms with Gasteiger partial charge in [-0.15, -0.1) is 0 Å². The number of esters is 1. The fraction of sp³-hybridized carbons (Fsp3) is 0.895. The van der Waals surface area contributed by atoms with Crippen LogP contribution in [0.4, 0.5) is 0 Å². The minimum atomic E-state index is -0.0973. The van der Waals surface area contributed by atoms with Gasteiger partial charge in [0, 0.05) is 17.8 Å². The molecule has 0 spiro atoms. The first-order valence-electron chi connectivity index (χ1n) is 9.35. The molecular formula is C19H29NO3. The van der Waals surface area contributed by atoms with Crippen LogP contribution >= 0.6 is 0 Å². The monoisotopic (exact) mass is 319 g/mol. The van der Waals surface area contributed by atoms with Gasteiger partial charge in [-0.05, 0) is 68.1 Å². The number of ether oxygens (including phenoxy) is 1. The molecule has 23 heavy (non-hydrogen) atoms. The van der Waals surface area contributed by atoms with Crippen molar-refractivity contribution in [2.75, 3.05) is 0 Å². The minimum Gasteiger partial charge on any atom is -0.462 e. The van der Waals surface area contributed by atoms with Crippen LogP contribution in [0.25, 0.3) is 0 Å². The molecule has 4 heteroatoms. The maximum atomic E-state index is 11.9. The number of hydrogen-bond acceptors (Lipinski definition) is 3. The van der Waals surface area contributed by atoms with Crippen LogP contribution in [0, 0.1) is 34.5 Å². The van der Waals surface area contributed by atoms with E-state index in [0.29, 0.717) is 24.2 Å². The Morgan fingerprint density at radius 2 is 1.78 bits per heavy atom. The summed E-state index contributed by atoms with van der Waals surface area (Å²) in [4.78, 5) is 23.6. The fourth-order valence-electron chi connectivity index (χ4n) is 7.02. The summed E-state index contributed by atoms with van der Waals surface area (Å²) < 4.78 is 5.73. The third-order valence-electron chi connectivity index (χ3n) is 8.27. The van der Waals surface area contributed by atoms with Crippen LogP contribution in [0.3, 0.4) is 0 Å². The van der Waals surface area contributed by atoms with Crippen LogP contribution in [0.5, 0.6) is 0 Å². The highest BCUT2D eigenvalue weighted by molar-refractivity contribution is 5.78. The lowest BCUT2D eigenvalue weighted by Gasteiger charge is -2.59. The minimum absolute atomic E-state index is 0.0127. The summed E-state index contributed by atoms with van der Waals surface area (Å²) in [5.74, 6) is 1.88. The SMILES string of the molecule is C[C@]12CCC(=O)OC1CC[C@@H]1[C@H]2CC[C@]2(C)C(C(N)=O)CC[C@@H]12. The third kappa shape index (κ3) is 2.02. The van der Waals surface area contributed by atoms with Crippen molar-refractivity contribution >= 4 is 11.9 Å². The fourth-order valence-corrected chi connectivity index (χ4v) is 7.02. The lowest BCUT2D eigenvalue weighted by Crippen LogP contribution is -2.56. The molecular weight excluding hydrogens is 290 g/mol. The van der Waals surface area contributed by atoms with Gasteiger partial charge >= 0.3 is 5.97 Å². The largest absolute Gasteiger partial charge is 0.462 e. The van der Waals surface area contributed by atoms with Crippen molar-refractivity contribution in [1.82, 2.24) is 0 Å². The molecule has 0 radical (unpaired) electrons. The standard InChI is InChI=1S/C19H29NO3/c1-18-9-7-13-11(12(18)4-5-14(18)17(20)22)3-6-15-19(13,2)10-8-16(21)23-15/h11-15H,3-10H2,1-2H3,(H2,20,22)/t11-,12-,13+,14?,15?,18-,19+/m0/s1. The quantitative estimate of drug-likeness (QED) is 0.755. The zero-order valence-electron chi connectivity index (χ0n) is 14.3. The zero-order valence-corrected chi connectivity index (χ0v) is 14.3. The Hall–Kier alpha value is -1.06. The maximum absolute atomic E-state index is 11.9. The molecule has 128 valence electrons. The van der Waals surface area contributed by atoms with Gasteiger partial charge in [0.2, 0.25) is 5.91 Å². The average molecular weight is 319 g/mol. The van der Waals surface area contributed by atoms with Gasteiger partial charge in [0.15, 0.2) is 0 Å². The van der Waals surface area contributed by atoms with E-state index in [2.05, 4.69) is 13.8 Å². The van der Waals surface area contributed by atoms with Crippen LogP contribution in [-0.2, 0) is 14.3 Å². The molecule has 3 aliphatic carbocycles. The molecule has 1 amide bonds. The summed E-state index contributed by atoms with van der Waals surface area (Å²) in [6, 6.07) is 0. The number of fused-ring (bicyclic) bond motifs is 5. The zero-order chi connectivity index (χ0) is 16.4. The van der Waals surface area contributed by atoms with E-state index in [4.69, 9.17) is 10.5 Å². The molecule has 4 fully saturated rings. The molecule has 4 nitrogen and oxygen atoms in total. The van der Waals surface area contributed by atoms with E-state index >= 15 is 0 Å². The van der Waals surface area contributed by atoms with Crippen LogP contribution < -0.4 is 5.73 Å². The molecule has 4 rings (SSSR count). The molecule has 3 saturated carbocycles. The summed E-state index contributed by atoms with van der Waals surface area (Å²) in [5.41, 5.74) is 5.95. The number of nitrogens with two attached hydrogens (primary N) is 1. The van der Waals surface area contributed by atoms with E-state index < -0.39 is 0 Å². The third-order valence-corrected chi connectivity index (χ3v) is 8.27. The molecule has 0 aromatic heterocycles. The highest BCUT2D eigenvalue weighted by Crippen LogP contribution is 2.65. The lowest BCUT2D eigenvalue weighted by molar-refractivity contribution is -0.192. The van der Waals surface area contributed by atoms with Gasteiger partial charge in [0.25, 0.3) is 0 Å². The van der Waals surface area contributed by atoms with E-state index in [1.807, 2.05) is 0 Å². The first-order valence-corrected chi connectivity index (χ1v) is 9.35. The van der Waals surface area contributed by atoms with Crippen LogP contribution in [0.2, 0.25) is 0 Å². The number of primary amides is 1. The normalized spacial score (nSPS) is 52.1. The molecule has 1 aliphatic heterocycles. The predicted molar refractivity (Wildman–Crippen MR) is 86.2 cm³/mol. The summed E-state index contributed by atoms with van der Waals surface area (Å²) in [6.45, 7) is 4.66. The Morgan fingerprint density at radius 1 is 1.04 bits per heavy atom. The van der Waals surface area contributed by atoms with Crippen molar-refractivity contribution in [2.24, 2.45) is 40.2 Å². The topological polar surface area (TPSA) is 69.4 Å². The lowest BCUT2D eigenvalue weighted by atomic mass is 9.47. The molecule has 1 heterocycles. The summed E-state index contributed by atoms with van der Waals surface area (Å²) in [5, 5.41) is 0.